The smallest absolute Gasteiger partial charge is 0.188 e. The topological polar surface area (TPSA) is 34.1 Å². The molecule has 1 aromatic heterocycles. The summed E-state index contributed by atoms with van der Waals surface area (Å²) in [5.74, 6) is -0.480. The Hall–Kier alpha value is -2.21. The SMILES string of the molecule is CCOc1ccc2nc(Nc3cc(F)cc(F)c3)sc2c1. The van der Waals surface area contributed by atoms with E-state index in [4.69, 9.17) is 4.74 Å². The first kappa shape index (κ1) is 13.8. The number of thiazole rings is 1. The van der Waals surface area contributed by atoms with Crippen LogP contribution in [0.5, 0.6) is 5.75 Å². The lowest BCUT2D eigenvalue weighted by molar-refractivity contribution is 0.341. The standard InChI is InChI=1S/C15H12F2N2OS/c1-2-20-12-3-4-13-14(8-12)21-15(19-13)18-11-6-9(16)5-10(17)7-11/h3-8H,2H2,1H3,(H,18,19). The molecule has 3 rings (SSSR count). The van der Waals surface area contributed by atoms with Gasteiger partial charge in [0.05, 0.1) is 16.8 Å². The van der Waals surface area contributed by atoms with Gasteiger partial charge in [-0.2, -0.15) is 0 Å². The second kappa shape index (κ2) is 5.65. The first-order valence-electron chi connectivity index (χ1n) is 6.40. The molecule has 1 heterocycles. The number of rotatable bonds is 4. The van der Waals surface area contributed by atoms with Gasteiger partial charge in [-0.05, 0) is 37.3 Å². The number of fused-ring (bicyclic) bond motifs is 1. The number of ether oxygens (including phenoxy) is 1. The molecule has 0 saturated heterocycles. The van der Waals surface area contributed by atoms with Crippen molar-refractivity contribution in [1.29, 1.82) is 0 Å². The van der Waals surface area contributed by atoms with Gasteiger partial charge in [0.25, 0.3) is 0 Å². The van der Waals surface area contributed by atoms with E-state index >= 15 is 0 Å². The van der Waals surface area contributed by atoms with Crippen molar-refractivity contribution >= 4 is 32.4 Å². The summed E-state index contributed by atoms with van der Waals surface area (Å²) in [4.78, 5) is 4.38. The van der Waals surface area contributed by atoms with E-state index in [0.29, 0.717) is 17.4 Å². The Morgan fingerprint density at radius 1 is 1.14 bits per heavy atom. The lowest BCUT2D eigenvalue weighted by Gasteiger charge is -2.02. The van der Waals surface area contributed by atoms with Gasteiger partial charge >= 0.3 is 0 Å². The van der Waals surface area contributed by atoms with Crippen molar-refractivity contribution in [3.05, 3.63) is 48.0 Å². The number of hydrogen-bond donors (Lipinski definition) is 1. The van der Waals surface area contributed by atoms with Crippen molar-refractivity contribution in [3.8, 4) is 5.75 Å². The number of halogens is 2. The Morgan fingerprint density at radius 2 is 1.90 bits per heavy atom. The normalized spacial score (nSPS) is 10.8. The van der Waals surface area contributed by atoms with Gasteiger partial charge in [-0.25, -0.2) is 13.8 Å². The van der Waals surface area contributed by atoms with Crippen LogP contribution in [0.1, 0.15) is 6.92 Å². The fourth-order valence-corrected chi connectivity index (χ4v) is 2.88. The first-order chi connectivity index (χ1) is 10.1. The summed E-state index contributed by atoms with van der Waals surface area (Å²) in [6.07, 6.45) is 0. The third-order valence-electron chi connectivity index (χ3n) is 2.78. The molecule has 0 unspecified atom stereocenters. The van der Waals surface area contributed by atoms with Crippen molar-refractivity contribution in [3.63, 3.8) is 0 Å². The summed E-state index contributed by atoms with van der Waals surface area (Å²) in [7, 11) is 0. The molecule has 0 aliphatic rings. The van der Waals surface area contributed by atoms with Crippen LogP contribution in [0, 0.1) is 11.6 Å². The molecule has 1 N–H and O–H groups in total. The van der Waals surface area contributed by atoms with Crippen molar-refractivity contribution in [2.24, 2.45) is 0 Å². The Morgan fingerprint density at radius 3 is 2.62 bits per heavy atom. The second-order valence-electron chi connectivity index (χ2n) is 4.36. The minimum absolute atomic E-state index is 0.330. The van der Waals surface area contributed by atoms with Gasteiger partial charge in [-0.1, -0.05) is 11.3 Å². The second-order valence-corrected chi connectivity index (χ2v) is 5.40. The molecule has 3 nitrogen and oxygen atoms in total. The van der Waals surface area contributed by atoms with Gasteiger partial charge in [0.15, 0.2) is 5.13 Å². The summed E-state index contributed by atoms with van der Waals surface area (Å²) in [5.41, 5.74) is 1.14. The van der Waals surface area contributed by atoms with Crippen LogP contribution in [0.15, 0.2) is 36.4 Å². The van der Waals surface area contributed by atoms with E-state index in [2.05, 4.69) is 10.3 Å². The van der Waals surface area contributed by atoms with Crippen LogP contribution in [0.25, 0.3) is 10.2 Å². The Kier molecular flexibility index (Phi) is 3.70. The molecule has 0 spiro atoms. The third-order valence-corrected chi connectivity index (χ3v) is 3.72. The molecular weight excluding hydrogens is 294 g/mol. The highest BCUT2D eigenvalue weighted by molar-refractivity contribution is 7.22. The van der Waals surface area contributed by atoms with Crippen LogP contribution in [0.4, 0.5) is 19.6 Å². The Bertz CT molecular complexity index is 768. The highest BCUT2D eigenvalue weighted by atomic mass is 32.1. The first-order valence-corrected chi connectivity index (χ1v) is 7.22. The summed E-state index contributed by atoms with van der Waals surface area (Å²) in [5, 5.41) is 3.49. The number of benzene rings is 2. The maximum atomic E-state index is 13.2. The van der Waals surface area contributed by atoms with Crippen molar-refractivity contribution in [2.45, 2.75) is 6.92 Å². The monoisotopic (exact) mass is 306 g/mol. The highest BCUT2D eigenvalue weighted by Gasteiger charge is 2.07. The number of aromatic nitrogens is 1. The molecule has 0 fully saturated rings. The molecule has 108 valence electrons. The average Bonchev–Trinajstić information content (AvgIpc) is 2.79. The van der Waals surface area contributed by atoms with E-state index in [1.807, 2.05) is 25.1 Å². The van der Waals surface area contributed by atoms with Crippen LogP contribution < -0.4 is 10.1 Å². The van der Waals surface area contributed by atoms with Gasteiger partial charge in [0, 0.05) is 11.8 Å². The highest BCUT2D eigenvalue weighted by Crippen LogP contribution is 2.31. The molecule has 0 amide bonds. The third kappa shape index (κ3) is 3.11. The molecular formula is C15H12F2N2OS. The largest absolute Gasteiger partial charge is 0.494 e. The summed E-state index contributed by atoms with van der Waals surface area (Å²) < 4.78 is 32.7. The molecule has 6 heteroatoms. The van der Waals surface area contributed by atoms with Crippen LogP contribution in [-0.2, 0) is 0 Å². The van der Waals surface area contributed by atoms with Gasteiger partial charge in [0.1, 0.15) is 17.4 Å². The summed E-state index contributed by atoms with van der Waals surface area (Å²) in [6.45, 7) is 2.51. The quantitative estimate of drug-likeness (QED) is 0.757. The van der Waals surface area contributed by atoms with Crippen LogP contribution in [0.2, 0.25) is 0 Å². The molecule has 21 heavy (non-hydrogen) atoms. The van der Waals surface area contributed by atoms with Crippen molar-refractivity contribution < 1.29 is 13.5 Å². The van der Waals surface area contributed by atoms with Gasteiger partial charge in [0.2, 0.25) is 0 Å². The van der Waals surface area contributed by atoms with Crippen molar-refractivity contribution in [1.82, 2.24) is 4.98 Å². The van der Waals surface area contributed by atoms with Gasteiger partial charge in [-0.15, -0.1) is 0 Å². The van der Waals surface area contributed by atoms with E-state index < -0.39 is 11.6 Å². The zero-order valence-electron chi connectivity index (χ0n) is 11.2. The Labute approximate surface area is 124 Å². The van der Waals surface area contributed by atoms with E-state index in [1.54, 1.807) is 0 Å². The lowest BCUT2D eigenvalue weighted by Crippen LogP contribution is -1.91. The Balaban J connectivity index is 1.90. The van der Waals surface area contributed by atoms with Gasteiger partial charge < -0.3 is 10.1 Å². The molecule has 0 saturated carbocycles. The lowest BCUT2D eigenvalue weighted by atomic mass is 10.3. The maximum Gasteiger partial charge on any atom is 0.188 e. The summed E-state index contributed by atoms with van der Waals surface area (Å²) >= 11 is 1.40. The number of anilines is 2. The molecule has 0 atom stereocenters. The average molecular weight is 306 g/mol. The van der Waals surface area contributed by atoms with E-state index in [-0.39, 0.29) is 0 Å². The summed E-state index contributed by atoms with van der Waals surface area (Å²) in [6, 6.07) is 8.87. The predicted molar refractivity (Wildman–Crippen MR) is 80.4 cm³/mol. The molecule has 0 aliphatic carbocycles. The number of nitrogens with zero attached hydrogens (tertiary/aromatic N) is 1. The fraction of sp³-hybridized carbons (Fsp3) is 0.133. The van der Waals surface area contributed by atoms with Crippen LogP contribution in [0.3, 0.4) is 0 Å². The molecule has 0 bridgehead atoms. The molecule has 2 aromatic carbocycles. The minimum atomic E-state index is -0.628. The number of nitrogens with one attached hydrogen (secondary N) is 1. The van der Waals surface area contributed by atoms with E-state index in [0.717, 1.165) is 22.0 Å². The van der Waals surface area contributed by atoms with E-state index in [1.165, 1.54) is 23.5 Å². The zero-order chi connectivity index (χ0) is 14.8. The molecule has 0 radical (unpaired) electrons. The van der Waals surface area contributed by atoms with E-state index in [9.17, 15) is 8.78 Å². The van der Waals surface area contributed by atoms with Crippen LogP contribution >= 0.6 is 11.3 Å². The van der Waals surface area contributed by atoms with Crippen LogP contribution in [-0.4, -0.2) is 11.6 Å². The van der Waals surface area contributed by atoms with Crippen molar-refractivity contribution in [2.75, 3.05) is 11.9 Å². The molecule has 0 aliphatic heterocycles. The molecule has 3 aromatic rings. The predicted octanol–water partition coefficient (Wildman–Crippen LogP) is 4.72. The zero-order valence-corrected chi connectivity index (χ0v) is 12.0. The fourth-order valence-electron chi connectivity index (χ4n) is 1.96. The minimum Gasteiger partial charge on any atom is -0.494 e. The maximum absolute atomic E-state index is 13.2. The van der Waals surface area contributed by atoms with Gasteiger partial charge in [-0.3, -0.25) is 0 Å². The number of hydrogen-bond acceptors (Lipinski definition) is 4.